The van der Waals surface area contributed by atoms with Gasteiger partial charge < -0.3 is 10.2 Å². The molecule has 0 aromatic heterocycles. The summed E-state index contributed by atoms with van der Waals surface area (Å²) in [5.74, 6) is 1.37. The van der Waals surface area contributed by atoms with Crippen molar-refractivity contribution in [2.24, 2.45) is 17.8 Å². The summed E-state index contributed by atoms with van der Waals surface area (Å²) in [6, 6.07) is 0. The third-order valence-corrected chi connectivity index (χ3v) is 7.27. The van der Waals surface area contributed by atoms with Crippen LogP contribution in [-0.2, 0) is 19.4 Å². The fourth-order valence-corrected chi connectivity index (χ4v) is 5.34. The molecule has 0 aromatic rings. The molecule has 6 nitrogen and oxygen atoms in total. The van der Waals surface area contributed by atoms with Crippen molar-refractivity contribution in [2.45, 2.75) is 44.9 Å². The molecule has 1 atom stereocenters. The Balaban J connectivity index is 1.38. The highest BCUT2D eigenvalue weighted by Gasteiger charge is 2.36. The Hall–Kier alpha value is -1.11. The molecule has 1 aliphatic carbocycles. The second kappa shape index (κ2) is 7.42. The lowest BCUT2D eigenvalue weighted by atomic mass is 9.96. The lowest BCUT2D eigenvalue weighted by Crippen LogP contribution is -2.46. The van der Waals surface area contributed by atoms with Crippen molar-refractivity contribution in [2.75, 3.05) is 31.1 Å². The molecule has 0 aromatic carbocycles. The molecule has 7 heteroatoms. The SMILES string of the molecule is O=C(NCCC1CCS(=O)(=O)CC1)C1CCCN(C(=O)C2CC2)C1. The Morgan fingerprint density at radius 1 is 1.00 bits per heavy atom. The Morgan fingerprint density at radius 3 is 2.38 bits per heavy atom. The van der Waals surface area contributed by atoms with Crippen molar-refractivity contribution < 1.29 is 18.0 Å². The molecule has 1 N–H and O–H groups in total. The molecule has 1 saturated carbocycles. The van der Waals surface area contributed by atoms with Crippen molar-refractivity contribution in [1.82, 2.24) is 10.2 Å². The molecule has 2 heterocycles. The van der Waals surface area contributed by atoms with Gasteiger partial charge in [-0.2, -0.15) is 0 Å². The number of nitrogens with zero attached hydrogens (tertiary/aromatic N) is 1. The maximum atomic E-state index is 12.4. The maximum absolute atomic E-state index is 12.4. The zero-order valence-corrected chi connectivity index (χ0v) is 15.0. The minimum atomic E-state index is -2.82. The van der Waals surface area contributed by atoms with Crippen LogP contribution in [0.2, 0.25) is 0 Å². The van der Waals surface area contributed by atoms with E-state index in [1.165, 1.54) is 0 Å². The largest absolute Gasteiger partial charge is 0.356 e. The van der Waals surface area contributed by atoms with Crippen LogP contribution in [0.1, 0.15) is 44.9 Å². The van der Waals surface area contributed by atoms with Gasteiger partial charge in [0.25, 0.3) is 0 Å². The third kappa shape index (κ3) is 4.71. The maximum Gasteiger partial charge on any atom is 0.225 e. The Bertz CT molecular complexity index is 571. The first kappa shape index (κ1) is 17.7. The summed E-state index contributed by atoms with van der Waals surface area (Å²) < 4.78 is 22.8. The van der Waals surface area contributed by atoms with Gasteiger partial charge in [0, 0.05) is 25.6 Å². The molecule has 0 radical (unpaired) electrons. The minimum absolute atomic E-state index is 0.0479. The molecule has 2 amide bonds. The molecule has 3 aliphatic rings. The van der Waals surface area contributed by atoms with E-state index in [-0.39, 0.29) is 35.2 Å². The standard InChI is InChI=1S/C17H28N2O4S/c20-16(18-8-5-13-6-10-24(22,23)11-7-13)15-2-1-9-19(12-15)17(21)14-3-4-14/h13-15H,1-12H2,(H,18,20). The van der Waals surface area contributed by atoms with Crippen molar-refractivity contribution in [3.8, 4) is 0 Å². The van der Waals surface area contributed by atoms with Crippen LogP contribution >= 0.6 is 0 Å². The van der Waals surface area contributed by atoms with Crippen molar-refractivity contribution in [1.29, 1.82) is 0 Å². The lowest BCUT2D eigenvalue weighted by Gasteiger charge is -2.32. The van der Waals surface area contributed by atoms with Gasteiger partial charge in [0.15, 0.2) is 0 Å². The summed E-state index contributed by atoms with van der Waals surface area (Å²) in [6.45, 7) is 1.95. The van der Waals surface area contributed by atoms with E-state index in [2.05, 4.69) is 5.32 Å². The average Bonchev–Trinajstić information content (AvgIpc) is 3.41. The topological polar surface area (TPSA) is 83.6 Å². The van der Waals surface area contributed by atoms with E-state index in [1.807, 2.05) is 4.90 Å². The smallest absolute Gasteiger partial charge is 0.225 e. The minimum Gasteiger partial charge on any atom is -0.356 e. The van der Waals surface area contributed by atoms with Crippen molar-refractivity contribution in [3.63, 3.8) is 0 Å². The second-order valence-corrected chi connectivity index (χ2v) is 9.88. The number of carbonyl (C=O) groups excluding carboxylic acids is 2. The molecule has 2 aliphatic heterocycles. The predicted molar refractivity (Wildman–Crippen MR) is 91.0 cm³/mol. The molecule has 3 fully saturated rings. The van der Waals surface area contributed by atoms with Crippen LogP contribution in [-0.4, -0.2) is 56.3 Å². The van der Waals surface area contributed by atoms with E-state index in [0.29, 0.717) is 31.8 Å². The molecule has 136 valence electrons. The van der Waals surface area contributed by atoms with Gasteiger partial charge in [-0.25, -0.2) is 8.42 Å². The van der Waals surface area contributed by atoms with Crippen LogP contribution in [0, 0.1) is 17.8 Å². The molecule has 2 saturated heterocycles. The fourth-order valence-electron chi connectivity index (χ4n) is 3.75. The average molecular weight is 356 g/mol. The number of likely N-dealkylation sites (tertiary alicyclic amines) is 1. The number of piperidine rings is 1. The number of nitrogens with one attached hydrogen (secondary N) is 1. The van der Waals surface area contributed by atoms with E-state index < -0.39 is 9.84 Å². The van der Waals surface area contributed by atoms with Crippen molar-refractivity contribution >= 4 is 21.7 Å². The van der Waals surface area contributed by atoms with Gasteiger partial charge in [0.1, 0.15) is 9.84 Å². The zero-order valence-electron chi connectivity index (χ0n) is 14.2. The van der Waals surface area contributed by atoms with Gasteiger partial charge in [-0.1, -0.05) is 0 Å². The van der Waals surface area contributed by atoms with E-state index in [4.69, 9.17) is 0 Å². The van der Waals surface area contributed by atoms with Crippen LogP contribution in [0.4, 0.5) is 0 Å². The molecule has 0 bridgehead atoms. The molecule has 0 spiro atoms. The van der Waals surface area contributed by atoms with Crippen LogP contribution in [0.15, 0.2) is 0 Å². The van der Waals surface area contributed by atoms with E-state index in [1.54, 1.807) is 0 Å². The van der Waals surface area contributed by atoms with Crippen LogP contribution in [0.3, 0.4) is 0 Å². The quantitative estimate of drug-likeness (QED) is 0.795. The second-order valence-electron chi connectivity index (χ2n) is 7.57. The Kier molecular flexibility index (Phi) is 5.47. The molecule has 3 rings (SSSR count). The van der Waals surface area contributed by atoms with Crippen LogP contribution in [0.5, 0.6) is 0 Å². The van der Waals surface area contributed by atoms with E-state index in [9.17, 15) is 18.0 Å². The fraction of sp³-hybridized carbons (Fsp3) is 0.882. The first-order valence-electron chi connectivity index (χ1n) is 9.21. The van der Waals surface area contributed by atoms with Crippen LogP contribution in [0.25, 0.3) is 0 Å². The summed E-state index contributed by atoms with van der Waals surface area (Å²) in [5, 5.41) is 3.00. The highest BCUT2D eigenvalue weighted by molar-refractivity contribution is 7.91. The first-order chi connectivity index (χ1) is 11.4. The summed E-state index contributed by atoms with van der Waals surface area (Å²) in [7, 11) is -2.82. The third-order valence-electron chi connectivity index (χ3n) is 5.56. The summed E-state index contributed by atoms with van der Waals surface area (Å²) in [5.41, 5.74) is 0. The lowest BCUT2D eigenvalue weighted by molar-refractivity contribution is -0.136. The molecule has 24 heavy (non-hydrogen) atoms. The predicted octanol–water partition coefficient (Wildman–Crippen LogP) is 0.966. The number of hydrogen-bond acceptors (Lipinski definition) is 4. The van der Waals surface area contributed by atoms with E-state index in [0.717, 1.165) is 38.6 Å². The number of amides is 2. The van der Waals surface area contributed by atoms with Gasteiger partial charge in [0.2, 0.25) is 11.8 Å². The van der Waals surface area contributed by atoms with Crippen LogP contribution < -0.4 is 5.32 Å². The van der Waals surface area contributed by atoms with E-state index >= 15 is 0 Å². The Labute approximate surface area is 144 Å². The van der Waals surface area contributed by atoms with Crippen molar-refractivity contribution in [3.05, 3.63) is 0 Å². The van der Waals surface area contributed by atoms with Gasteiger partial charge in [-0.3, -0.25) is 9.59 Å². The molecule has 1 unspecified atom stereocenters. The van der Waals surface area contributed by atoms with Gasteiger partial charge in [-0.05, 0) is 50.9 Å². The summed E-state index contributed by atoms with van der Waals surface area (Å²) in [4.78, 5) is 26.4. The summed E-state index contributed by atoms with van der Waals surface area (Å²) in [6.07, 6.45) is 6.03. The molecular weight excluding hydrogens is 328 g/mol. The van der Waals surface area contributed by atoms with Gasteiger partial charge >= 0.3 is 0 Å². The monoisotopic (exact) mass is 356 g/mol. The normalized spacial score (nSPS) is 27.7. The highest BCUT2D eigenvalue weighted by Crippen LogP contribution is 2.32. The zero-order chi connectivity index (χ0) is 17.2. The Morgan fingerprint density at radius 2 is 1.71 bits per heavy atom. The van der Waals surface area contributed by atoms with Gasteiger partial charge in [0.05, 0.1) is 17.4 Å². The number of hydrogen-bond donors (Lipinski definition) is 1. The molecular formula is C17H28N2O4S. The highest BCUT2D eigenvalue weighted by atomic mass is 32.2. The number of rotatable bonds is 5. The first-order valence-corrected chi connectivity index (χ1v) is 11.0. The number of carbonyl (C=O) groups is 2. The number of sulfone groups is 1. The summed E-state index contributed by atoms with van der Waals surface area (Å²) >= 11 is 0. The van der Waals surface area contributed by atoms with Gasteiger partial charge in [-0.15, -0.1) is 0 Å².